The number of hydrogen-bond acceptors (Lipinski definition) is 6. The molecule has 2 aliphatic rings. The smallest absolute Gasteiger partial charge is 0.314 e. The highest BCUT2D eigenvalue weighted by Gasteiger charge is 2.62. The molecule has 0 aliphatic carbocycles. The minimum atomic E-state index is -0.697. The van der Waals surface area contributed by atoms with Crippen LogP contribution in [0, 0.1) is 5.41 Å². The third-order valence-corrected chi connectivity index (χ3v) is 6.43. The van der Waals surface area contributed by atoms with Gasteiger partial charge in [-0.15, -0.1) is 11.3 Å². The predicted octanol–water partition coefficient (Wildman–Crippen LogP) is 2.89. The average molecular weight is 385 g/mol. The number of esters is 1. The Bertz CT molecular complexity index is 853. The van der Waals surface area contributed by atoms with Gasteiger partial charge in [0.2, 0.25) is 0 Å². The standard InChI is InChI=1S/C20H23N3O3S/c1-2-26-18(25)20(10-13-6-4-3-5-7-13)11-14-8-9-16(20)23(14)17(24)15-12-27-19(21)22-15/h3-7,12,14,16H,2,8-11H2,1H3,(H2,21,22)/t14-,16+,20+/m1/s1. The molecule has 2 aromatic rings. The molecule has 7 heteroatoms. The lowest BCUT2D eigenvalue weighted by Gasteiger charge is -2.35. The summed E-state index contributed by atoms with van der Waals surface area (Å²) in [4.78, 5) is 32.2. The normalized spacial score (nSPS) is 26.3. The molecule has 0 radical (unpaired) electrons. The number of rotatable bonds is 5. The van der Waals surface area contributed by atoms with E-state index in [0.29, 0.717) is 30.3 Å². The number of nitrogen functional groups attached to an aromatic ring is 1. The fourth-order valence-electron chi connectivity index (χ4n) is 4.72. The molecule has 4 rings (SSSR count). The number of benzene rings is 1. The van der Waals surface area contributed by atoms with Gasteiger partial charge in [-0.3, -0.25) is 9.59 Å². The van der Waals surface area contributed by atoms with Gasteiger partial charge in [0.1, 0.15) is 5.69 Å². The van der Waals surface area contributed by atoms with Crippen LogP contribution in [-0.4, -0.2) is 40.5 Å². The van der Waals surface area contributed by atoms with Crippen LogP contribution in [0.15, 0.2) is 35.7 Å². The van der Waals surface area contributed by atoms with Gasteiger partial charge in [-0.25, -0.2) is 4.98 Å². The highest BCUT2D eigenvalue weighted by Crippen LogP contribution is 2.52. The van der Waals surface area contributed by atoms with E-state index in [-0.39, 0.29) is 24.0 Å². The SMILES string of the molecule is CCOC(=O)[C@@]1(Cc2ccccc2)C[C@H]2CC[C@@H]1N2C(=O)c1csc(N)n1. The molecule has 2 aliphatic heterocycles. The molecular weight excluding hydrogens is 362 g/mol. The molecular formula is C20H23N3O3S. The van der Waals surface area contributed by atoms with Gasteiger partial charge in [-0.1, -0.05) is 30.3 Å². The molecule has 2 N–H and O–H groups in total. The Kier molecular flexibility index (Phi) is 4.63. The first-order valence-corrected chi connectivity index (χ1v) is 10.2. The number of amides is 1. The number of nitrogens with two attached hydrogens (primary N) is 1. The number of thiazole rings is 1. The topological polar surface area (TPSA) is 85.5 Å². The molecule has 2 bridgehead atoms. The van der Waals surface area contributed by atoms with E-state index in [1.807, 2.05) is 42.2 Å². The van der Waals surface area contributed by atoms with Gasteiger partial charge in [0.25, 0.3) is 5.91 Å². The monoisotopic (exact) mass is 385 g/mol. The van der Waals surface area contributed by atoms with E-state index in [2.05, 4.69) is 4.98 Å². The van der Waals surface area contributed by atoms with Crippen molar-refractivity contribution in [2.45, 2.75) is 44.7 Å². The van der Waals surface area contributed by atoms with Crippen molar-refractivity contribution in [3.63, 3.8) is 0 Å². The molecule has 27 heavy (non-hydrogen) atoms. The van der Waals surface area contributed by atoms with Gasteiger partial charge in [0.15, 0.2) is 5.13 Å². The molecule has 3 heterocycles. The largest absolute Gasteiger partial charge is 0.465 e. The lowest BCUT2D eigenvalue weighted by Crippen LogP contribution is -2.47. The molecule has 2 saturated heterocycles. The average Bonchev–Trinajstić information content (AvgIpc) is 3.36. The number of carbonyl (C=O) groups excluding carboxylic acids is 2. The van der Waals surface area contributed by atoms with E-state index in [4.69, 9.17) is 10.5 Å². The Balaban J connectivity index is 1.68. The first kappa shape index (κ1) is 18.0. The van der Waals surface area contributed by atoms with Crippen molar-refractivity contribution < 1.29 is 14.3 Å². The van der Waals surface area contributed by atoms with E-state index in [0.717, 1.165) is 18.4 Å². The summed E-state index contributed by atoms with van der Waals surface area (Å²) in [5.74, 6) is -0.327. The second-order valence-corrected chi connectivity index (χ2v) is 8.16. The number of nitrogens with zero attached hydrogens (tertiary/aromatic N) is 2. The highest BCUT2D eigenvalue weighted by molar-refractivity contribution is 7.13. The first-order valence-electron chi connectivity index (χ1n) is 9.30. The van der Waals surface area contributed by atoms with Crippen molar-refractivity contribution in [3.8, 4) is 0 Å². The summed E-state index contributed by atoms with van der Waals surface area (Å²) in [5, 5.41) is 2.07. The number of ether oxygens (including phenoxy) is 1. The maximum atomic E-state index is 13.1. The minimum Gasteiger partial charge on any atom is -0.465 e. The number of aromatic nitrogens is 1. The maximum absolute atomic E-state index is 13.1. The summed E-state index contributed by atoms with van der Waals surface area (Å²) in [6.07, 6.45) is 2.93. The molecule has 0 spiro atoms. The summed E-state index contributed by atoms with van der Waals surface area (Å²) in [6, 6.07) is 9.84. The quantitative estimate of drug-likeness (QED) is 0.800. The summed E-state index contributed by atoms with van der Waals surface area (Å²) in [5.41, 5.74) is 6.46. The number of fused-ring (bicyclic) bond motifs is 2. The Morgan fingerprint density at radius 3 is 2.78 bits per heavy atom. The van der Waals surface area contributed by atoms with Crippen molar-refractivity contribution in [1.29, 1.82) is 0 Å². The summed E-state index contributed by atoms with van der Waals surface area (Å²) >= 11 is 1.26. The van der Waals surface area contributed by atoms with Gasteiger partial charge in [-0.05, 0) is 38.2 Å². The molecule has 2 fully saturated rings. The number of anilines is 1. The van der Waals surface area contributed by atoms with Gasteiger partial charge in [0.05, 0.1) is 12.0 Å². The highest BCUT2D eigenvalue weighted by atomic mass is 32.1. The van der Waals surface area contributed by atoms with E-state index in [1.54, 1.807) is 5.38 Å². The third kappa shape index (κ3) is 3.00. The van der Waals surface area contributed by atoms with Crippen LogP contribution in [0.25, 0.3) is 0 Å². The van der Waals surface area contributed by atoms with Crippen LogP contribution in [0.5, 0.6) is 0 Å². The molecule has 0 unspecified atom stereocenters. The first-order chi connectivity index (χ1) is 13.0. The number of hydrogen-bond donors (Lipinski definition) is 1. The van der Waals surface area contributed by atoms with Gasteiger partial charge in [0, 0.05) is 17.5 Å². The van der Waals surface area contributed by atoms with Crippen LogP contribution in [0.4, 0.5) is 5.13 Å². The van der Waals surface area contributed by atoms with Crippen LogP contribution < -0.4 is 5.73 Å². The number of carbonyl (C=O) groups is 2. The lowest BCUT2D eigenvalue weighted by molar-refractivity contribution is -0.157. The van der Waals surface area contributed by atoms with E-state index in [1.165, 1.54) is 11.3 Å². The molecule has 1 aromatic carbocycles. The Morgan fingerprint density at radius 2 is 2.11 bits per heavy atom. The van der Waals surface area contributed by atoms with Crippen molar-refractivity contribution >= 4 is 28.3 Å². The fraction of sp³-hybridized carbons (Fsp3) is 0.450. The molecule has 1 aromatic heterocycles. The zero-order chi connectivity index (χ0) is 19.0. The van der Waals surface area contributed by atoms with Crippen LogP contribution in [0.2, 0.25) is 0 Å². The van der Waals surface area contributed by atoms with Gasteiger partial charge in [-0.2, -0.15) is 0 Å². The molecule has 6 nitrogen and oxygen atoms in total. The van der Waals surface area contributed by atoms with Crippen molar-refractivity contribution in [2.24, 2.45) is 5.41 Å². The Labute approximate surface area is 162 Å². The second-order valence-electron chi connectivity index (χ2n) is 7.27. The predicted molar refractivity (Wildman–Crippen MR) is 103 cm³/mol. The van der Waals surface area contributed by atoms with Gasteiger partial charge >= 0.3 is 5.97 Å². The summed E-state index contributed by atoms with van der Waals surface area (Å²) in [7, 11) is 0. The van der Waals surface area contributed by atoms with Crippen LogP contribution >= 0.6 is 11.3 Å². The summed E-state index contributed by atoms with van der Waals surface area (Å²) in [6.45, 7) is 2.16. The van der Waals surface area contributed by atoms with Crippen molar-refractivity contribution in [1.82, 2.24) is 9.88 Å². The zero-order valence-corrected chi connectivity index (χ0v) is 16.1. The van der Waals surface area contributed by atoms with Crippen LogP contribution in [0.3, 0.4) is 0 Å². The van der Waals surface area contributed by atoms with E-state index in [9.17, 15) is 9.59 Å². The van der Waals surface area contributed by atoms with Crippen molar-refractivity contribution in [2.75, 3.05) is 12.3 Å². The van der Waals surface area contributed by atoms with Crippen molar-refractivity contribution in [3.05, 3.63) is 47.0 Å². The third-order valence-electron chi connectivity index (χ3n) is 5.76. The molecule has 142 valence electrons. The molecule has 1 amide bonds. The van der Waals surface area contributed by atoms with Crippen LogP contribution in [-0.2, 0) is 16.0 Å². The minimum absolute atomic E-state index is 0.0403. The fourth-order valence-corrected chi connectivity index (χ4v) is 5.26. The molecule has 3 atom stereocenters. The van der Waals surface area contributed by atoms with Crippen LogP contribution in [0.1, 0.15) is 42.2 Å². The van der Waals surface area contributed by atoms with Gasteiger partial charge < -0.3 is 15.4 Å². The van der Waals surface area contributed by atoms with E-state index >= 15 is 0 Å². The maximum Gasteiger partial charge on any atom is 0.314 e. The second kappa shape index (κ2) is 6.96. The summed E-state index contributed by atoms with van der Waals surface area (Å²) < 4.78 is 5.48. The Hall–Kier alpha value is -2.41. The molecule has 0 saturated carbocycles. The zero-order valence-electron chi connectivity index (χ0n) is 15.3. The Morgan fingerprint density at radius 1 is 1.33 bits per heavy atom. The lowest BCUT2D eigenvalue weighted by atomic mass is 9.70. The van der Waals surface area contributed by atoms with E-state index < -0.39 is 5.41 Å².